The Kier molecular flexibility index (Phi) is 4.10. The van der Waals surface area contributed by atoms with E-state index >= 15 is 0 Å². The Balaban J connectivity index is 1.96. The number of ether oxygens (including phenoxy) is 2. The van der Waals surface area contributed by atoms with E-state index < -0.39 is 0 Å². The fourth-order valence-corrected chi connectivity index (χ4v) is 2.00. The summed E-state index contributed by atoms with van der Waals surface area (Å²) in [5.41, 5.74) is 1.06. The largest absolute Gasteiger partial charge is 0.491 e. The monoisotopic (exact) mass is 263 g/mol. The second-order valence-electron chi connectivity index (χ2n) is 5.27. The predicted molar refractivity (Wildman–Crippen MR) is 73.0 cm³/mol. The Hall–Kier alpha value is -1.55. The molecule has 0 unspecified atom stereocenters. The van der Waals surface area contributed by atoms with Crippen LogP contribution in [0.3, 0.4) is 0 Å². The highest BCUT2D eigenvalue weighted by Crippen LogP contribution is 2.24. The number of rotatable bonds is 5. The number of hydrogen-bond donors (Lipinski definition) is 0. The molecule has 0 aliphatic carbocycles. The number of carbonyl (C=O) groups is 1. The van der Waals surface area contributed by atoms with Crippen molar-refractivity contribution in [2.24, 2.45) is 0 Å². The molecule has 19 heavy (non-hydrogen) atoms. The SMILES string of the molecule is CC(C)Oc1cccc(CN(C)C(=O)[C@@H]2O[C@H]2C)c1. The first kappa shape index (κ1) is 13.9. The van der Waals surface area contributed by atoms with Crippen LogP contribution in [0.25, 0.3) is 0 Å². The quantitative estimate of drug-likeness (QED) is 0.765. The molecule has 0 saturated carbocycles. The first-order chi connectivity index (χ1) is 8.97. The molecule has 1 aliphatic heterocycles. The summed E-state index contributed by atoms with van der Waals surface area (Å²) in [5, 5.41) is 0. The van der Waals surface area contributed by atoms with Gasteiger partial charge in [0.1, 0.15) is 5.75 Å². The maximum atomic E-state index is 12.0. The second-order valence-corrected chi connectivity index (χ2v) is 5.27. The third-order valence-electron chi connectivity index (χ3n) is 3.02. The van der Waals surface area contributed by atoms with Crippen LogP contribution in [0.2, 0.25) is 0 Å². The molecule has 2 rings (SSSR count). The average molecular weight is 263 g/mol. The number of hydrogen-bond acceptors (Lipinski definition) is 3. The summed E-state index contributed by atoms with van der Waals surface area (Å²) in [7, 11) is 1.80. The molecule has 0 bridgehead atoms. The van der Waals surface area contributed by atoms with Gasteiger partial charge in [-0.3, -0.25) is 4.79 Å². The highest BCUT2D eigenvalue weighted by molar-refractivity contribution is 5.83. The highest BCUT2D eigenvalue weighted by Gasteiger charge is 2.42. The average Bonchev–Trinajstić information content (AvgIpc) is 3.05. The molecule has 4 heteroatoms. The van der Waals surface area contributed by atoms with E-state index in [0.29, 0.717) is 6.54 Å². The van der Waals surface area contributed by atoms with Crippen molar-refractivity contribution in [1.29, 1.82) is 0 Å². The van der Waals surface area contributed by atoms with Gasteiger partial charge in [0.05, 0.1) is 12.2 Å². The number of epoxide rings is 1. The van der Waals surface area contributed by atoms with Gasteiger partial charge in [0, 0.05) is 13.6 Å². The molecule has 1 fully saturated rings. The lowest BCUT2D eigenvalue weighted by atomic mass is 10.2. The van der Waals surface area contributed by atoms with E-state index in [9.17, 15) is 4.79 Å². The molecule has 4 nitrogen and oxygen atoms in total. The van der Waals surface area contributed by atoms with Gasteiger partial charge in [-0.25, -0.2) is 0 Å². The summed E-state index contributed by atoms with van der Waals surface area (Å²) in [5.74, 6) is 0.882. The predicted octanol–water partition coefficient (Wildman–Crippen LogP) is 2.22. The summed E-state index contributed by atoms with van der Waals surface area (Å²) in [6, 6.07) is 7.84. The van der Waals surface area contributed by atoms with Crippen LogP contribution in [-0.2, 0) is 16.1 Å². The molecule has 0 N–H and O–H groups in total. The minimum atomic E-state index is -0.250. The van der Waals surface area contributed by atoms with Crippen LogP contribution in [0.1, 0.15) is 26.3 Å². The number of benzene rings is 1. The molecule has 1 saturated heterocycles. The zero-order valence-corrected chi connectivity index (χ0v) is 11.9. The molecular weight excluding hydrogens is 242 g/mol. The van der Waals surface area contributed by atoms with Crippen LogP contribution in [-0.4, -0.2) is 36.2 Å². The first-order valence-electron chi connectivity index (χ1n) is 6.63. The summed E-state index contributed by atoms with van der Waals surface area (Å²) >= 11 is 0. The summed E-state index contributed by atoms with van der Waals surface area (Å²) in [6.45, 7) is 6.47. The van der Waals surface area contributed by atoms with Crippen LogP contribution in [0.4, 0.5) is 0 Å². The third kappa shape index (κ3) is 3.70. The number of carbonyl (C=O) groups excluding carboxylic acids is 1. The third-order valence-corrected chi connectivity index (χ3v) is 3.02. The lowest BCUT2D eigenvalue weighted by Gasteiger charge is -2.17. The van der Waals surface area contributed by atoms with Crippen LogP contribution in [0.15, 0.2) is 24.3 Å². The molecule has 1 aromatic carbocycles. The lowest BCUT2D eigenvalue weighted by Crippen LogP contribution is -2.30. The van der Waals surface area contributed by atoms with Crippen molar-refractivity contribution >= 4 is 5.91 Å². The Bertz CT molecular complexity index is 458. The van der Waals surface area contributed by atoms with E-state index in [0.717, 1.165) is 11.3 Å². The maximum absolute atomic E-state index is 12.0. The van der Waals surface area contributed by atoms with Crippen molar-refractivity contribution in [3.63, 3.8) is 0 Å². The Labute approximate surface area is 114 Å². The van der Waals surface area contributed by atoms with Gasteiger partial charge < -0.3 is 14.4 Å². The molecule has 2 atom stereocenters. The topological polar surface area (TPSA) is 42.1 Å². The van der Waals surface area contributed by atoms with Gasteiger partial charge in [-0.05, 0) is 38.5 Å². The Morgan fingerprint density at radius 3 is 2.74 bits per heavy atom. The molecule has 0 aromatic heterocycles. The van der Waals surface area contributed by atoms with Crippen molar-refractivity contribution in [3.05, 3.63) is 29.8 Å². The fourth-order valence-electron chi connectivity index (χ4n) is 2.00. The second kappa shape index (κ2) is 5.61. The van der Waals surface area contributed by atoms with E-state index in [1.54, 1.807) is 11.9 Å². The first-order valence-corrected chi connectivity index (χ1v) is 6.63. The Morgan fingerprint density at radius 1 is 1.47 bits per heavy atom. The summed E-state index contributed by atoms with van der Waals surface area (Å²) < 4.78 is 10.8. The summed E-state index contributed by atoms with van der Waals surface area (Å²) in [6.07, 6.45) is -0.0408. The number of amides is 1. The van der Waals surface area contributed by atoms with Crippen molar-refractivity contribution in [1.82, 2.24) is 4.90 Å². The summed E-state index contributed by atoms with van der Waals surface area (Å²) in [4.78, 5) is 13.6. The zero-order chi connectivity index (χ0) is 14.0. The van der Waals surface area contributed by atoms with Crippen molar-refractivity contribution in [3.8, 4) is 5.75 Å². The molecule has 104 valence electrons. The molecule has 1 amide bonds. The van der Waals surface area contributed by atoms with Crippen LogP contribution in [0.5, 0.6) is 5.75 Å². The minimum Gasteiger partial charge on any atom is -0.491 e. The maximum Gasteiger partial charge on any atom is 0.254 e. The van der Waals surface area contributed by atoms with Gasteiger partial charge in [0.15, 0.2) is 6.10 Å². The lowest BCUT2D eigenvalue weighted by molar-refractivity contribution is -0.131. The molecule has 0 radical (unpaired) electrons. The zero-order valence-electron chi connectivity index (χ0n) is 11.9. The Morgan fingerprint density at radius 2 is 2.16 bits per heavy atom. The van der Waals surface area contributed by atoms with Gasteiger partial charge in [-0.15, -0.1) is 0 Å². The van der Waals surface area contributed by atoms with E-state index in [1.165, 1.54) is 0 Å². The van der Waals surface area contributed by atoms with Crippen LogP contribution >= 0.6 is 0 Å². The molecule has 1 aromatic rings. The van der Waals surface area contributed by atoms with E-state index in [4.69, 9.17) is 9.47 Å². The smallest absolute Gasteiger partial charge is 0.254 e. The van der Waals surface area contributed by atoms with E-state index in [2.05, 4.69) is 0 Å². The van der Waals surface area contributed by atoms with Crippen LogP contribution < -0.4 is 4.74 Å². The van der Waals surface area contributed by atoms with Gasteiger partial charge >= 0.3 is 0 Å². The number of likely N-dealkylation sites (N-methyl/N-ethyl adjacent to an activating group) is 1. The van der Waals surface area contributed by atoms with Crippen molar-refractivity contribution in [2.75, 3.05) is 7.05 Å². The van der Waals surface area contributed by atoms with Crippen molar-refractivity contribution < 1.29 is 14.3 Å². The van der Waals surface area contributed by atoms with Gasteiger partial charge in [0.2, 0.25) is 0 Å². The van der Waals surface area contributed by atoms with Gasteiger partial charge in [0.25, 0.3) is 5.91 Å². The number of nitrogens with zero attached hydrogens (tertiary/aromatic N) is 1. The molecule has 1 heterocycles. The molecule has 1 aliphatic rings. The standard InChI is InChI=1S/C15H21NO3/c1-10(2)18-13-7-5-6-12(8-13)9-16(4)15(17)14-11(3)19-14/h5-8,10-11,14H,9H2,1-4H3/t11-,14+/m0/s1. The highest BCUT2D eigenvalue weighted by atomic mass is 16.6. The van der Waals surface area contributed by atoms with Crippen LogP contribution in [0, 0.1) is 0 Å². The van der Waals surface area contributed by atoms with Gasteiger partial charge in [-0.1, -0.05) is 12.1 Å². The van der Waals surface area contributed by atoms with E-state index in [1.807, 2.05) is 45.0 Å². The van der Waals surface area contributed by atoms with Crippen molar-refractivity contribution in [2.45, 2.75) is 45.6 Å². The fraction of sp³-hybridized carbons (Fsp3) is 0.533. The minimum absolute atomic E-state index is 0.0441. The normalized spacial score (nSPS) is 21.3. The van der Waals surface area contributed by atoms with E-state index in [-0.39, 0.29) is 24.2 Å². The molecular formula is C15H21NO3. The van der Waals surface area contributed by atoms with Gasteiger partial charge in [-0.2, -0.15) is 0 Å². The molecule has 0 spiro atoms.